The van der Waals surface area contributed by atoms with Gasteiger partial charge in [-0.2, -0.15) is 5.10 Å². The number of para-hydroxylation sites is 1. The Labute approximate surface area is 184 Å². The van der Waals surface area contributed by atoms with E-state index in [0.29, 0.717) is 33.9 Å². The lowest BCUT2D eigenvalue weighted by Crippen LogP contribution is -2.12. The Balaban J connectivity index is 1.53. The molecule has 0 bridgehead atoms. The Bertz CT molecular complexity index is 1400. The summed E-state index contributed by atoms with van der Waals surface area (Å²) in [4.78, 5) is 17.6. The van der Waals surface area contributed by atoms with Gasteiger partial charge in [-0.15, -0.1) is 0 Å². The molecule has 0 aliphatic rings. The summed E-state index contributed by atoms with van der Waals surface area (Å²) in [5, 5.41) is 7.67. The molecule has 0 atom stereocenters. The number of hydrogen-bond donors (Lipinski definition) is 1. The number of hydrogen-bond acceptors (Lipinski definition) is 5. The predicted octanol–water partition coefficient (Wildman–Crippen LogP) is 5.25. The molecule has 0 unspecified atom stereocenters. The summed E-state index contributed by atoms with van der Waals surface area (Å²) < 4.78 is 12.5. The molecule has 0 saturated carbocycles. The van der Waals surface area contributed by atoms with Crippen LogP contribution in [0.15, 0.2) is 83.4 Å². The Morgan fingerprint density at radius 3 is 2.56 bits per heavy atom. The zero-order valence-corrected chi connectivity index (χ0v) is 17.6. The fourth-order valence-electron chi connectivity index (χ4n) is 3.53. The summed E-state index contributed by atoms with van der Waals surface area (Å²) in [7, 11) is 1.62. The van der Waals surface area contributed by atoms with E-state index in [1.165, 1.54) is 0 Å². The van der Waals surface area contributed by atoms with Crippen molar-refractivity contribution in [1.82, 2.24) is 14.8 Å². The first-order valence-corrected chi connectivity index (χ1v) is 10.1. The summed E-state index contributed by atoms with van der Waals surface area (Å²) in [6, 6.07) is 22.5. The molecule has 158 valence electrons. The van der Waals surface area contributed by atoms with Crippen LogP contribution in [-0.2, 0) is 0 Å². The number of aryl methyl sites for hydroxylation is 1. The van der Waals surface area contributed by atoms with Gasteiger partial charge in [0, 0.05) is 24.4 Å². The average Bonchev–Trinajstić information content (AvgIpc) is 3.43. The number of nitrogens with zero attached hydrogens (tertiary/aromatic N) is 3. The molecule has 3 aromatic carbocycles. The van der Waals surface area contributed by atoms with E-state index in [-0.39, 0.29) is 5.91 Å². The van der Waals surface area contributed by atoms with E-state index in [9.17, 15) is 4.79 Å². The maximum Gasteiger partial charge on any atom is 0.259 e. The second kappa shape index (κ2) is 8.03. The first kappa shape index (κ1) is 19.6. The van der Waals surface area contributed by atoms with Crippen molar-refractivity contribution in [2.45, 2.75) is 6.92 Å². The molecule has 32 heavy (non-hydrogen) atoms. The van der Waals surface area contributed by atoms with Crippen molar-refractivity contribution in [3.8, 4) is 22.7 Å². The van der Waals surface area contributed by atoms with Gasteiger partial charge >= 0.3 is 0 Å². The van der Waals surface area contributed by atoms with Crippen molar-refractivity contribution in [1.29, 1.82) is 0 Å². The van der Waals surface area contributed by atoms with E-state index in [1.54, 1.807) is 43.1 Å². The number of carbonyl (C=O) groups is 1. The highest BCUT2D eigenvalue weighted by atomic mass is 16.5. The molecule has 5 rings (SSSR count). The Morgan fingerprint density at radius 2 is 1.81 bits per heavy atom. The van der Waals surface area contributed by atoms with Crippen LogP contribution in [-0.4, -0.2) is 27.8 Å². The molecule has 0 aliphatic carbocycles. The topological polar surface area (TPSA) is 82.2 Å². The van der Waals surface area contributed by atoms with Crippen LogP contribution in [0.2, 0.25) is 0 Å². The highest BCUT2D eigenvalue weighted by molar-refractivity contribution is 6.08. The molecule has 0 saturated heterocycles. The molecule has 5 aromatic rings. The molecule has 1 N–H and O–H groups in total. The lowest BCUT2D eigenvalue weighted by molar-refractivity contribution is 0.102. The number of amides is 1. The van der Waals surface area contributed by atoms with E-state index in [2.05, 4.69) is 10.3 Å². The average molecular weight is 424 g/mol. The van der Waals surface area contributed by atoms with Gasteiger partial charge in [0.15, 0.2) is 11.5 Å². The van der Waals surface area contributed by atoms with Crippen LogP contribution in [0.3, 0.4) is 0 Å². The van der Waals surface area contributed by atoms with Crippen molar-refractivity contribution in [3.63, 3.8) is 0 Å². The lowest BCUT2D eigenvalue weighted by Gasteiger charge is -2.06. The predicted molar refractivity (Wildman–Crippen MR) is 122 cm³/mol. The number of benzene rings is 3. The number of anilines is 1. The third-order valence-corrected chi connectivity index (χ3v) is 5.10. The van der Waals surface area contributed by atoms with E-state index in [1.807, 2.05) is 54.6 Å². The zero-order valence-electron chi connectivity index (χ0n) is 17.6. The van der Waals surface area contributed by atoms with Gasteiger partial charge in [0.2, 0.25) is 0 Å². The van der Waals surface area contributed by atoms with E-state index >= 15 is 0 Å². The summed E-state index contributed by atoms with van der Waals surface area (Å²) >= 11 is 0. The minimum atomic E-state index is -0.266. The number of aromatic nitrogens is 3. The highest BCUT2D eigenvalue weighted by Gasteiger charge is 2.19. The van der Waals surface area contributed by atoms with Crippen LogP contribution in [0, 0.1) is 6.92 Å². The number of methoxy groups -OCH3 is 1. The normalized spacial score (nSPS) is 10.9. The van der Waals surface area contributed by atoms with Crippen LogP contribution in [0.25, 0.3) is 28.0 Å². The van der Waals surface area contributed by atoms with Gasteiger partial charge in [-0.05, 0) is 54.6 Å². The number of fused-ring (bicyclic) bond motifs is 1. The van der Waals surface area contributed by atoms with Gasteiger partial charge in [-0.1, -0.05) is 18.2 Å². The van der Waals surface area contributed by atoms with Crippen LogP contribution in [0.1, 0.15) is 16.2 Å². The molecule has 0 spiro atoms. The van der Waals surface area contributed by atoms with E-state index < -0.39 is 0 Å². The number of carbonyl (C=O) groups excluding carboxylic acids is 1. The fourth-order valence-corrected chi connectivity index (χ4v) is 3.53. The number of rotatable bonds is 5. The molecule has 7 heteroatoms. The van der Waals surface area contributed by atoms with Crippen molar-refractivity contribution >= 4 is 22.7 Å². The Hall–Kier alpha value is -4.39. The van der Waals surface area contributed by atoms with Gasteiger partial charge in [0.1, 0.15) is 17.0 Å². The molecule has 2 aromatic heterocycles. The molecule has 7 nitrogen and oxygen atoms in total. The second-order valence-corrected chi connectivity index (χ2v) is 7.27. The molecule has 2 heterocycles. The smallest absolute Gasteiger partial charge is 0.259 e. The number of nitrogens with one attached hydrogen (secondary N) is 1. The third-order valence-electron chi connectivity index (χ3n) is 5.10. The first-order chi connectivity index (χ1) is 15.6. The molecular weight excluding hydrogens is 404 g/mol. The van der Waals surface area contributed by atoms with Crippen LogP contribution in [0.4, 0.5) is 5.69 Å². The Morgan fingerprint density at radius 1 is 1.03 bits per heavy atom. The highest BCUT2D eigenvalue weighted by Crippen LogP contribution is 2.27. The molecule has 0 fully saturated rings. The van der Waals surface area contributed by atoms with Crippen LogP contribution >= 0.6 is 0 Å². The first-order valence-electron chi connectivity index (χ1n) is 10.1. The zero-order chi connectivity index (χ0) is 22.1. The molecule has 0 aliphatic heterocycles. The maximum atomic E-state index is 13.3. The lowest BCUT2D eigenvalue weighted by atomic mass is 10.1. The van der Waals surface area contributed by atoms with Crippen LogP contribution in [0.5, 0.6) is 5.75 Å². The monoisotopic (exact) mass is 424 g/mol. The molecule has 0 radical (unpaired) electrons. The van der Waals surface area contributed by atoms with E-state index in [0.717, 1.165) is 17.0 Å². The van der Waals surface area contributed by atoms with Crippen molar-refractivity contribution in [2.24, 2.45) is 0 Å². The number of oxazole rings is 1. The van der Waals surface area contributed by atoms with Crippen molar-refractivity contribution < 1.29 is 13.9 Å². The Kier molecular flexibility index (Phi) is 4.91. The van der Waals surface area contributed by atoms with Crippen molar-refractivity contribution in [3.05, 3.63) is 90.4 Å². The van der Waals surface area contributed by atoms with E-state index in [4.69, 9.17) is 14.3 Å². The van der Waals surface area contributed by atoms with Gasteiger partial charge in [0.25, 0.3) is 5.91 Å². The summed E-state index contributed by atoms with van der Waals surface area (Å²) in [5.41, 5.74) is 4.70. The van der Waals surface area contributed by atoms with Crippen molar-refractivity contribution in [2.75, 3.05) is 12.4 Å². The molecule has 1 amide bonds. The second-order valence-electron chi connectivity index (χ2n) is 7.27. The van der Waals surface area contributed by atoms with Gasteiger partial charge < -0.3 is 14.5 Å². The minimum absolute atomic E-state index is 0.266. The quantitative estimate of drug-likeness (QED) is 0.417. The summed E-state index contributed by atoms with van der Waals surface area (Å²) in [5.74, 6) is 1.05. The number of ether oxygens (including phenoxy) is 1. The summed E-state index contributed by atoms with van der Waals surface area (Å²) in [6.45, 7) is 1.79. The minimum Gasteiger partial charge on any atom is -0.497 e. The SMILES string of the molecule is COc1ccc(-c2nn(-c3ccccc3)cc2C(=O)Nc2ccc3oc(C)nc3c2)cc1. The summed E-state index contributed by atoms with van der Waals surface area (Å²) in [6.07, 6.45) is 1.74. The standard InChI is InChI=1S/C25H20N4O3/c1-16-26-22-14-18(10-13-23(22)32-16)27-25(30)21-15-29(19-6-4-3-5-7-19)28-24(21)17-8-11-20(31-2)12-9-17/h3-15H,1-2H3,(H,27,30). The van der Waals surface area contributed by atoms with Crippen LogP contribution < -0.4 is 10.1 Å². The third kappa shape index (κ3) is 3.72. The fraction of sp³-hybridized carbons (Fsp3) is 0.0800. The molecular formula is C25H20N4O3. The maximum absolute atomic E-state index is 13.3. The largest absolute Gasteiger partial charge is 0.497 e. The van der Waals surface area contributed by atoms with Gasteiger partial charge in [-0.3, -0.25) is 4.79 Å². The van der Waals surface area contributed by atoms with Gasteiger partial charge in [-0.25, -0.2) is 9.67 Å². The van der Waals surface area contributed by atoms with Gasteiger partial charge in [0.05, 0.1) is 18.4 Å².